The average molecular weight is 485 g/mol. The summed E-state index contributed by atoms with van der Waals surface area (Å²) in [6.07, 6.45) is 1.63. The van der Waals surface area contributed by atoms with Crippen LogP contribution in [-0.4, -0.2) is 33.2 Å². The highest BCUT2D eigenvalue weighted by molar-refractivity contribution is 5.80. The fraction of sp³-hybridized carbons (Fsp3) is 0.120. The summed E-state index contributed by atoms with van der Waals surface area (Å²) < 4.78 is 5.16. The largest absolute Gasteiger partial charge is 0.497 e. The number of nitrogens with one attached hydrogen (secondary N) is 3. The molecule has 1 heterocycles. The van der Waals surface area contributed by atoms with Crippen molar-refractivity contribution < 1.29 is 9.66 Å². The Labute approximate surface area is 207 Å². The number of anilines is 5. The van der Waals surface area contributed by atoms with E-state index in [2.05, 4.69) is 36.1 Å². The molecule has 0 saturated carbocycles. The fourth-order valence-electron chi connectivity index (χ4n) is 3.14. The first kappa shape index (κ1) is 24.1. The van der Waals surface area contributed by atoms with E-state index < -0.39 is 4.92 Å². The van der Waals surface area contributed by atoms with E-state index in [1.807, 2.05) is 56.3 Å². The first-order valence-corrected chi connectivity index (χ1v) is 10.9. The second-order valence-corrected chi connectivity index (χ2v) is 7.80. The van der Waals surface area contributed by atoms with Crippen LogP contribution in [0.4, 0.5) is 34.9 Å². The van der Waals surface area contributed by atoms with E-state index in [1.165, 1.54) is 17.7 Å². The highest BCUT2D eigenvalue weighted by Gasteiger charge is 2.10. The number of hydrogen-bond acceptors (Lipinski definition) is 10. The SMILES string of the molecule is COc1ccc(/C=N/Nc2nc(Nc3ccc([N+](=O)[O-])cc3)nc(Nc3ccc(C)c(C)c3)n2)cc1. The van der Waals surface area contributed by atoms with E-state index in [0.717, 1.165) is 22.6 Å². The molecule has 0 saturated heterocycles. The Morgan fingerprint density at radius 3 is 2.06 bits per heavy atom. The first-order chi connectivity index (χ1) is 17.4. The molecular weight excluding hydrogens is 460 g/mol. The molecule has 4 aromatic rings. The Morgan fingerprint density at radius 1 is 0.833 bits per heavy atom. The topological polar surface area (TPSA) is 139 Å². The van der Waals surface area contributed by atoms with E-state index in [-0.39, 0.29) is 17.6 Å². The Balaban J connectivity index is 1.58. The third-order valence-electron chi connectivity index (χ3n) is 5.23. The molecule has 3 N–H and O–H groups in total. The van der Waals surface area contributed by atoms with Gasteiger partial charge in [0.05, 0.1) is 18.2 Å². The minimum Gasteiger partial charge on any atom is -0.497 e. The van der Waals surface area contributed by atoms with Crippen LogP contribution in [-0.2, 0) is 0 Å². The highest BCUT2D eigenvalue weighted by atomic mass is 16.6. The smallest absolute Gasteiger partial charge is 0.269 e. The summed E-state index contributed by atoms with van der Waals surface area (Å²) in [4.78, 5) is 23.7. The van der Waals surface area contributed by atoms with Crippen LogP contribution in [0.1, 0.15) is 16.7 Å². The summed E-state index contributed by atoms with van der Waals surface area (Å²) in [5.41, 5.74) is 7.37. The van der Waals surface area contributed by atoms with Crippen LogP contribution in [0.3, 0.4) is 0 Å². The Morgan fingerprint density at radius 2 is 1.44 bits per heavy atom. The number of ether oxygens (including phenoxy) is 1. The molecule has 1 aromatic heterocycles. The molecule has 0 aliphatic carbocycles. The van der Waals surface area contributed by atoms with Crippen molar-refractivity contribution in [1.29, 1.82) is 0 Å². The van der Waals surface area contributed by atoms with Gasteiger partial charge >= 0.3 is 0 Å². The van der Waals surface area contributed by atoms with Gasteiger partial charge in [0.2, 0.25) is 17.8 Å². The van der Waals surface area contributed by atoms with Gasteiger partial charge in [-0.2, -0.15) is 20.1 Å². The molecule has 0 aliphatic heterocycles. The summed E-state index contributed by atoms with van der Waals surface area (Å²) >= 11 is 0. The van der Waals surface area contributed by atoms with Crippen LogP contribution in [0, 0.1) is 24.0 Å². The molecule has 3 aromatic carbocycles. The van der Waals surface area contributed by atoms with Gasteiger partial charge in [-0.05, 0) is 79.1 Å². The molecular formula is C25H24N8O3. The molecule has 0 atom stereocenters. The lowest BCUT2D eigenvalue weighted by atomic mass is 10.1. The van der Waals surface area contributed by atoms with Crippen LogP contribution in [0.2, 0.25) is 0 Å². The summed E-state index contributed by atoms with van der Waals surface area (Å²) in [6.45, 7) is 4.06. The van der Waals surface area contributed by atoms with Gasteiger partial charge in [-0.15, -0.1) is 0 Å². The lowest BCUT2D eigenvalue weighted by Gasteiger charge is -2.11. The number of nitrogens with zero attached hydrogens (tertiary/aromatic N) is 5. The Hall–Kier alpha value is -5.06. The molecule has 0 aliphatic rings. The first-order valence-electron chi connectivity index (χ1n) is 10.9. The highest BCUT2D eigenvalue weighted by Crippen LogP contribution is 2.22. The lowest BCUT2D eigenvalue weighted by molar-refractivity contribution is -0.384. The van der Waals surface area contributed by atoms with Crippen molar-refractivity contribution in [2.75, 3.05) is 23.2 Å². The molecule has 0 amide bonds. The number of nitro groups is 1. The van der Waals surface area contributed by atoms with Gasteiger partial charge in [0.15, 0.2) is 0 Å². The zero-order chi connectivity index (χ0) is 25.5. The molecule has 0 unspecified atom stereocenters. The standard InChI is InChI=1S/C25H24N8O3/c1-16-4-7-20(14-17(16)2)28-24-29-23(27-19-8-10-21(11-9-19)33(34)35)30-25(31-24)32-26-15-18-5-12-22(36-3)13-6-18/h4-15H,1-3H3,(H3,27,28,29,30,31,32)/b26-15+. The lowest BCUT2D eigenvalue weighted by Crippen LogP contribution is -2.07. The van der Waals surface area contributed by atoms with Gasteiger partial charge in [0, 0.05) is 23.5 Å². The van der Waals surface area contributed by atoms with Gasteiger partial charge in [-0.25, -0.2) is 5.43 Å². The van der Waals surface area contributed by atoms with E-state index in [9.17, 15) is 10.1 Å². The molecule has 0 spiro atoms. The number of aryl methyl sites for hydroxylation is 2. The zero-order valence-electron chi connectivity index (χ0n) is 19.9. The molecule has 0 radical (unpaired) electrons. The second kappa shape index (κ2) is 10.9. The van der Waals surface area contributed by atoms with Crippen LogP contribution in [0.25, 0.3) is 0 Å². The predicted octanol–water partition coefficient (Wildman–Crippen LogP) is 5.34. The van der Waals surface area contributed by atoms with Gasteiger partial charge < -0.3 is 15.4 Å². The minimum absolute atomic E-state index is 0.0106. The number of rotatable bonds is 9. The van der Waals surface area contributed by atoms with Crippen molar-refractivity contribution in [1.82, 2.24) is 15.0 Å². The predicted molar refractivity (Wildman–Crippen MR) is 140 cm³/mol. The van der Waals surface area contributed by atoms with Crippen LogP contribution < -0.4 is 20.8 Å². The van der Waals surface area contributed by atoms with Crippen LogP contribution in [0.5, 0.6) is 5.75 Å². The van der Waals surface area contributed by atoms with Gasteiger partial charge in [0.1, 0.15) is 5.75 Å². The van der Waals surface area contributed by atoms with Gasteiger partial charge in [-0.3, -0.25) is 10.1 Å². The Kier molecular flexibility index (Phi) is 7.30. The monoisotopic (exact) mass is 484 g/mol. The molecule has 182 valence electrons. The quantitative estimate of drug-likeness (QED) is 0.163. The summed E-state index contributed by atoms with van der Waals surface area (Å²) in [6, 6.07) is 19.3. The molecule has 0 fully saturated rings. The van der Waals surface area contributed by atoms with Crippen molar-refractivity contribution in [3.8, 4) is 5.75 Å². The average Bonchev–Trinajstić information content (AvgIpc) is 2.87. The van der Waals surface area contributed by atoms with Crippen molar-refractivity contribution in [3.05, 3.63) is 93.5 Å². The normalized spacial score (nSPS) is 10.8. The number of hydrazone groups is 1. The molecule has 36 heavy (non-hydrogen) atoms. The van der Waals surface area contributed by atoms with Crippen molar-refractivity contribution >= 4 is 41.1 Å². The fourth-order valence-corrected chi connectivity index (χ4v) is 3.14. The van der Waals surface area contributed by atoms with Crippen molar-refractivity contribution in [2.45, 2.75) is 13.8 Å². The summed E-state index contributed by atoms with van der Waals surface area (Å²) in [5, 5.41) is 21.4. The van der Waals surface area contributed by atoms with Gasteiger partial charge in [0.25, 0.3) is 5.69 Å². The molecule has 11 heteroatoms. The number of methoxy groups -OCH3 is 1. The van der Waals surface area contributed by atoms with E-state index in [1.54, 1.807) is 25.5 Å². The summed E-state index contributed by atoms with van der Waals surface area (Å²) in [7, 11) is 1.61. The van der Waals surface area contributed by atoms with Crippen molar-refractivity contribution in [2.24, 2.45) is 5.10 Å². The van der Waals surface area contributed by atoms with Gasteiger partial charge in [-0.1, -0.05) is 6.07 Å². The van der Waals surface area contributed by atoms with E-state index in [4.69, 9.17) is 4.74 Å². The zero-order valence-corrected chi connectivity index (χ0v) is 19.9. The molecule has 0 bridgehead atoms. The maximum absolute atomic E-state index is 10.9. The van der Waals surface area contributed by atoms with Crippen LogP contribution >= 0.6 is 0 Å². The number of hydrogen-bond donors (Lipinski definition) is 3. The number of nitro benzene ring substituents is 1. The maximum Gasteiger partial charge on any atom is 0.269 e. The molecule has 4 rings (SSSR count). The number of benzene rings is 3. The van der Waals surface area contributed by atoms with E-state index in [0.29, 0.717) is 11.6 Å². The second-order valence-electron chi connectivity index (χ2n) is 7.80. The minimum atomic E-state index is -0.457. The third kappa shape index (κ3) is 6.29. The maximum atomic E-state index is 10.9. The molecule has 11 nitrogen and oxygen atoms in total. The van der Waals surface area contributed by atoms with E-state index >= 15 is 0 Å². The number of aromatic nitrogens is 3. The Bertz CT molecular complexity index is 1390. The van der Waals surface area contributed by atoms with Crippen molar-refractivity contribution in [3.63, 3.8) is 0 Å². The number of non-ortho nitro benzene ring substituents is 1. The van der Waals surface area contributed by atoms with Crippen LogP contribution in [0.15, 0.2) is 71.8 Å². The third-order valence-corrected chi connectivity index (χ3v) is 5.23. The summed E-state index contributed by atoms with van der Waals surface area (Å²) in [5.74, 6) is 1.47.